The van der Waals surface area contributed by atoms with Crippen molar-refractivity contribution in [2.24, 2.45) is 5.92 Å². The summed E-state index contributed by atoms with van der Waals surface area (Å²) in [5, 5.41) is 0. The minimum atomic E-state index is 0.0694. The molecule has 0 rings (SSSR count). The molecule has 0 aromatic carbocycles. The standard InChI is InChI=1S/C9H8/c1-4-7-9(6-3)8-5-2/h1-3,9H,7-8H2. The molecule has 0 heteroatoms. The van der Waals surface area contributed by atoms with Crippen LogP contribution in [0.5, 0.6) is 0 Å². The van der Waals surface area contributed by atoms with Gasteiger partial charge in [-0.15, -0.1) is 37.0 Å². The zero-order chi connectivity index (χ0) is 7.11. The van der Waals surface area contributed by atoms with Crippen LogP contribution in [0.15, 0.2) is 0 Å². The number of terminal acetylenes is 3. The molecule has 0 radical (unpaired) electrons. The molecule has 44 valence electrons. The maximum atomic E-state index is 5.10. The Kier molecular flexibility index (Phi) is 4.12. The van der Waals surface area contributed by atoms with Gasteiger partial charge in [0.25, 0.3) is 0 Å². The van der Waals surface area contributed by atoms with Crippen molar-refractivity contribution in [3.05, 3.63) is 0 Å². The Morgan fingerprint density at radius 2 is 1.44 bits per heavy atom. The lowest BCUT2D eigenvalue weighted by molar-refractivity contribution is 0.727. The highest BCUT2D eigenvalue weighted by Gasteiger charge is 1.97. The molecule has 0 aliphatic heterocycles. The largest absolute Gasteiger partial charge is 0.120 e. The second-order valence-corrected chi connectivity index (χ2v) is 1.68. The van der Waals surface area contributed by atoms with Gasteiger partial charge in [0.2, 0.25) is 0 Å². The lowest BCUT2D eigenvalue weighted by Gasteiger charge is -1.97. The first-order chi connectivity index (χ1) is 4.35. The first-order valence-electron chi connectivity index (χ1n) is 2.68. The van der Waals surface area contributed by atoms with Crippen LogP contribution in [0.25, 0.3) is 0 Å². The molecule has 0 aliphatic rings. The second kappa shape index (κ2) is 4.83. The summed E-state index contributed by atoms with van der Waals surface area (Å²) in [7, 11) is 0. The van der Waals surface area contributed by atoms with Gasteiger partial charge in [0.05, 0.1) is 0 Å². The summed E-state index contributed by atoms with van der Waals surface area (Å²) in [5.74, 6) is 7.52. The molecular formula is C9H8. The third kappa shape index (κ3) is 3.28. The minimum absolute atomic E-state index is 0.0694. The van der Waals surface area contributed by atoms with E-state index < -0.39 is 0 Å². The van der Waals surface area contributed by atoms with Gasteiger partial charge in [-0.05, 0) is 0 Å². The molecule has 0 N–H and O–H groups in total. The van der Waals surface area contributed by atoms with E-state index in [0.717, 1.165) is 0 Å². The van der Waals surface area contributed by atoms with E-state index >= 15 is 0 Å². The van der Waals surface area contributed by atoms with Crippen molar-refractivity contribution in [2.75, 3.05) is 0 Å². The van der Waals surface area contributed by atoms with E-state index in [0.29, 0.717) is 12.8 Å². The Balaban J connectivity index is 3.65. The van der Waals surface area contributed by atoms with E-state index in [1.165, 1.54) is 0 Å². The van der Waals surface area contributed by atoms with E-state index in [9.17, 15) is 0 Å². The molecule has 0 saturated carbocycles. The summed E-state index contributed by atoms with van der Waals surface area (Å²) >= 11 is 0. The third-order valence-electron chi connectivity index (χ3n) is 0.964. The molecule has 0 aromatic heterocycles. The highest BCUT2D eigenvalue weighted by molar-refractivity contribution is 5.05. The van der Waals surface area contributed by atoms with Crippen LogP contribution in [-0.4, -0.2) is 0 Å². The first-order valence-corrected chi connectivity index (χ1v) is 2.68. The Labute approximate surface area is 56.7 Å². The van der Waals surface area contributed by atoms with Gasteiger partial charge < -0.3 is 0 Å². The topological polar surface area (TPSA) is 0 Å². The lowest BCUT2D eigenvalue weighted by Crippen LogP contribution is -1.92. The van der Waals surface area contributed by atoms with Crippen LogP contribution in [-0.2, 0) is 0 Å². The van der Waals surface area contributed by atoms with Crippen molar-refractivity contribution in [2.45, 2.75) is 12.8 Å². The zero-order valence-corrected chi connectivity index (χ0v) is 5.22. The van der Waals surface area contributed by atoms with Crippen LogP contribution in [0.3, 0.4) is 0 Å². The van der Waals surface area contributed by atoms with Crippen LogP contribution in [0, 0.1) is 42.9 Å². The molecule has 0 nitrogen and oxygen atoms in total. The Morgan fingerprint density at radius 3 is 1.67 bits per heavy atom. The molecule has 0 fully saturated rings. The Hall–Kier alpha value is -1.32. The van der Waals surface area contributed by atoms with Crippen molar-refractivity contribution in [1.29, 1.82) is 0 Å². The Morgan fingerprint density at radius 1 is 1.00 bits per heavy atom. The predicted octanol–water partition coefficient (Wildman–Crippen LogP) is 1.28. The van der Waals surface area contributed by atoms with Crippen molar-refractivity contribution in [1.82, 2.24) is 0 Å². The summed E-state index contributed by atoms with van der Waals surface area (Å²) in [5.41, 5.74) is 0. The number of hydrogen-bond acceptors (Lipinski definition) is 0. The van der Waals surface area contributed by atoms with Gasteiger partial charge >= 0.3 is 0 Å². The fourth-order valence-corrected chi connectivity index (χ4v) is 0.475. The van der Waals surface area contributed by atoms with Crippen LogP contribution in [0.2, 0.25) is 0 Å². The molecule has 0 amide bonds. The molecule has 9 heavy (non-hydrogen) atoms. The summed E-state index contributed by atoms with van der Waals surface area (Å²) in [4.78, 5) is 0. The molecule has 0 unspecified atom stereocenters. The quantitative estimate of drug-likeness (QED) is 0.477. The maximum Gasteiger partial charge on any atom is 0.0418 e. The van der Waals surface area contributed by atoms with Crippen LogP contribution in [0.4, 0.5) is 0 Å². The van der Waals surface area contributed by atoms with Gasteiger partial charge in [-0.1, -0.05) is 0 Å². The monoisotopic (exact) mass is 116 g/mol. The van der Waals surface area contributed by atoms with Crippen molar-refractivity contribution < 1.29 is 0 Å². The van der Waals surface area contributed by atoms with Gasteiger partial charge in [0, 0.05) is 18.8 Å². The average molecular weight is 116 g/mol. The van der Waals surface area contributed by atoms with E-state index in [4.69, 9.17) is 19.3 Å². The van der Waals surface area contributed by atoms with Crippen molar-refractivity contribution in [3.8, 4) is 37.0 Å². The van der Waals surface area contributed by atoms with Crippen LogP contribution < -0.4 is 0 Å². The van der Waals surface area contributed by atoms with E-state index in [1.54, 1.807) is 0 Å². The van der Waals surface area contributed by atoms with E-state index in [-0.39, 0.29) is 5.92 Å². The molecule has 0 saturated heterocycles. The normalized spacial score (nSPS) is 7.33. The molecule has 0 aliphatic carbocycles. The maximum absolute atomic E-state index is 5.10. The second-order valence-electron chi connectivity index (χ2n) is 1.68. The summed E-state index contributed by atoms with van der Waals surface area (Å²) in [6.07, 6.45) is 16.3. The molecule has 0 bridgehead atoms. The van der Waals surface area contributed by atoms with Gasteiger partial charge in [-0.3, -0.25) is 0 Å². The zero-order valence-electron chi connectivity index (χ0n) is 5.22. The summed E-state index contributed by atoms with van der Waals surface area (Å²) < 4.78 is 0. The summed E-state index contributed by atoms with van der Waals surface area (Å²) in [6, 6.07) is 0. The Bertz CT molecular complexity index is 164. The van der Waals surface area contributed by atoms with Crippen LogP contribution >= 0.6 is 0 Å². The number of rotatable bonds is 2. The highest BCUT2D eigenvalue weighted by atomic mass is 14.0. The molecule has 0 aromatic rings. The van der Waals surface area contributed by atoms with E-state index in [1.807, 2.05) is 0 Å². The van der Waals surface area contributed by atoms with Crippen molar-refractivity contribution in [3.63, 3.8) is 0 Å². The fraction of sp³-hybridized carbons (Fsp3) is 0.333. The number of hydrogen-bond donors (Lipinski definition) is 0. The van der Waals surface area contributed by atoms with Gasteiger partial charge in [0.15, 0.2) is 0 Å². The van der Waals surface area contributed by atoms with Gasteiger partial charge in [0.1, 0.15) is 0 Å². The van der Waals surface area contributed by atoms with Gasteiger partial charge in [-0.25, -0.2) is 0 Å². The van der Waals surface area contributed by atoms with Gasteiger partial charge in [-0.2, -0.15) is 0 Å². The van der Waals surface area contributed by atoms with Crippen molar-refractivity contribution >= 4 is 0 Å². The average Bonchev–Trinajstić information content (AvgIpc) is 1.88. The third-order valence-corrected chi connectivity index (χ3v) is 0.964. The lowest BCUT2D eigenvalue weighted by atomic mass is 10.0. The SMILES string of the molecule is C#CCC(C#C)CC#C. The smallest absolute Gasteiger partial charge is 0.0418 e. The minimum Gasteiger partial charge on any atom is -0.120 e. The molecule has 0 spiro atoms. The van der Waals surface area contributed by atoms with Crippen LogP contribution in [0.1, 0.15) is 12.8 Å². The summed E-state index contributed by atoms with van der Waals surface area (Å²) in [6.45, 7) is 0. The molecular weight excluding hydrogens is 108 g/mol. The van der Waals surface area contributed by atoms with E-state index in [2.05, 4.69) is 17.8 Å². The predicted molar refractivity (Wildman–Crippen MR) is 39.2 cm³/mol. The fourth-order valence-electron chi connectivity index (χ4n) is 0.475. The highest BCUT2D eigenvalue weighted by Crippen LogP contribution is 2.03. The first kappa shape index (κ1) is 7.68. The molecule has 0 heterocycles. The molecule has 0 atom stereocenters.